The lowest BCUT2D eigenvalue weighted by atomic mass is 10.1. The van der Waals surface area contributed by atoms with E-state index < -0.39 is 0 Å². The van der Waals surface area contributed by atoms with E-state index in [4.69, 9.17) is 4.74 Å². The maximum Gasteiger partial charge on any atom is 0.0507 e. The fourth-order valence-electron chi connectivity index (χ4n) is 1.39. The minimum atomic E-state index is 0.361. The second-order valence-corrected chi connectivity index (χ2v) is 5.84. The van der Waals surface area contributed by atoms with E-state index in [0.717, 1.165) is 32.2 Å². The summed E-state index contributed by atoms with van der Waals surface area (Å²) in [6.07, 6.45) is 3.40. The fraction of sp³-hybridized carbons (Fsp3) is 1.00. The van der Waals surface area contributed by atoms with Crippen molar-refractivity contribution in [3.05, 3.63) is 0 Å². The zero-order valence-corrected chi connectivity index (χ0v) is 9.75. The molecule has 78 valence electrons. The number of hydrogen-bond acceptors (Lipinski definition) is 3. The Morgan fingerprint density at radius 3 is 2.85 bits per heavy atom. The molecule has 1 heterocycles. The first-order valence-corrected chi connectivity index (χ1v) is 6.20. The van der Waals surface area contributed by atoms with Crippen molar-refractivity contribution < 1.29 is 4.74 Å². The quantitative estimate of drug-likeness (QED) is 0.735. The largest absolute Gasteiger partial charge is 0.381 e. The van der Waals surface area contributed by atoms with Crippen LogP contribution < -0.4 is 5.32 Å². The Bertz CT molecular complexity index is 144. The van der Waals surface area contributed by atoms with E-state index in [1.807, 2.05) is 11.8 Å². The molecule has 1 atom stereocenters. The summed E-state index contributed by atoms with van der Waals surface area (Å²) >= 11 is 1.92. The molecule has 13 heavy (non-hydrogen) atoms. The summed E-state index contributed by atoms with van der Waals surface area (Å²) in [4.78, 5) is 0. The van der Waals surface area contributed by atoms with Gasteiger partial charge in [-0.1, -0.05) is 0 Å². The Morgan fingerprint density at radius 2 is 2.31 bits per heavy atom. The number of ether oxygens (including phenoxy) is 1. The third-order valence-corrected chi connectivity index (χ3v) is 3.81. The lowest BCUT2D eigenvalue weighted by Gasteiger charge is -2.23. The zero-order valence-electron chi connectivity index (χ0n) is 8.93. The van der Waals surface area contributed by atoms with E-state index in [0.29, 0.717) is 4.75 Å². The highest BCUT2D eigenvalue weighted by atomic mass is 32.2. The SMILES string of the molecule is CSC(C)(C)CNCC1CCOC1. The van der Waals surface area contributed by atoms with Gasteiger partial charge in [0.05, 0.1) is 6.61 Å². The normalized spacial score (nSPS) is 23.8. The average Bonchev–Trinajstić information content (AvgIpc) is 2.57. The molecule has 1 aliphatic rings. The highest BCUT2D eigenvalue weighted by Gasteiger charge is 2.18. The number of nitrogens with one attached hydrogen (secondary N) is 1. The Kier molecular flexibility index (Phi) is 4.56. The minimum absolute atomic E-state index is 0.361. The first-order valence-electron chi connectivity index (χ1n) is 4.98. The van der Waals surface area contributed by atoms with Crippen LogP contribution in [0.2, 0.25) is 0 Å². The second kappa shape index (κ2) is 5.23. The Balaban J connectivity index is 2.06. The van der Waals surface area contributed by atoms with Crippen molar-refractivity contribution in [2.24, 2.45) is 5.92 Å². The summed E-state index contributed by atoms with van der Waals surface area (Å²) in [5, 5.41) is 3.52. The highest BCUT2D eigenvalue weighted by molar-refractivity contribution is 7.99. The van der Waals surface area contributed by atoms with Gasteiger partial charge in [0.25, 0.3) is 0 Å². The van der Waals surface area contributed by atoms with Crippen LogP contribution in [0, 0.1) is 5.92 Å². The summed E-state index contributed by atoms with van der Waals surface area (Å²) in [6, 6.07) is 0. The van der Waals surface area contributed by atoms with Gasteiger partial charge in [-0.25, -0.2) is 0 Å². The summed E-state index contributed by atoms with van der Waals surface area (Å²) in [5.41, 5.74) is 0. The first-order chi connectivity index (χ1) is 6.14. The van der Waals surface area contributed by atoms with Gasteiger partial charge in [-0.05, 0) is 32.4 Å². The summed E-state index contributed by atoms with van der Waals surface area (Å²) in [5.74, 6) is 0.748. The van der Waals surface area contributed by atoms with E-state index in [1.54, 1.807) is 0 Å². The second-order valence-electron chi connectivity index (χ2n) is 4.32. The van der Waals surface area contributed by atoms with E-state index in [1.165, 1.54) is 6.42 Å². The van der Waals surface area contributed by atoms with Crippen molar-refractivity contribution in [3.63, 3.8) is 0 Å². The van der Waals surface area contributed by atoms with Gasteiger partial charge >= 0.3 is 0 Å². The molecule has 0 saturated carbocycles. The van der Waals surface area contributed by atoms with Crippen LogP contribution in [0.5, 0.6) is 0 Å². The molecule has 0 aromatic rings. The molecule has 0 radical (unpaired) electrons. The van der Waals surface area contributed by atoms with E-state index in [-0.39, 0.29) is 0 Å². The molecule has 1 aliphatic heterocycles. The van der Waals surface area contributed by atoms with Gasteiger partial charge in [-0.2, -0.15) is 11.8 Å². The third kappa shape index (κ3) is 4.34. The predicted molar refractivity (Wildman–Crippen MR) is 59.4 cm³/mol. The van der Waals surface area contributed by atoms with Gasteiger partial charge < -0.3 is 10.1 Å². The summed E-state index contributed by atoms with van der Waals surface area (Å²) in [7, 11) is 0. The van der Waals surface area contributed by atoms with E-state index in [2.05, 4.69) is 25.4 Å². The van der Waals surface area contributed by atoms with Crippen molar-refractivity contribution in [1.82, 2.24) is 5.32 Å². The van der Waals surface area contributed by atoms with Crippen molar-refractivity contribution in [1.29, 1.82) is 0 Å². The average molecular weight is 203 g/mol. The molecule has 1 rings (SSSR count). The molecular weight excluding hydrogens is 182 g/mol. The van der Waals surface area contributed by atoms with Crippen molar-refractivity contribution in [2.75, 3.05) is 32.6 Å². The summed E-state index contributed by atoms with van der Waals surface area (Å²) in [6.45, 7) is 8.66. The van der Waals surface area contributed by atoms with Crippen LogP contribution in [-0.2, 0) is 4.74 Å². The van der Waals surface area contributed by atoms with E-state index >= 15 is 0 Å². The lowest BCUT2D eigenvalue weighted by molar-refractivity contribution is 0.185. The van der Waals surface area contributed by atoms with Gasteiger partial charge in [0.15, 0.2) is 0 Å². The number of rotatable bonds is 5. The smallest absolute Gasteiger partial charge is 0.0507 e. The molecule has 0 aliphatic carbocycles. The lowest BCUT2D eigenvalue weighted by Crippen LogP contribution is -2.35. The van der Waals surface area contributed by atoms with Gasteiger partial charge in [-0.15, -0.1) is 0 Å². The Morgan fingerprint density at radius 1 is 1.54 bits per heavy atom. The standard InChI is InChI=1S/C10H21NOS/c1-10(2,13-3)8-11-6-9-4-5-12-7-9/h9,11H,4-8H2,1-3H3. The minimum Gasteiger partial charge on any atom is -0.381 e. The van der Waals surface area contributed by atoms with Gasteiger partial charge in [0.2, 0.25) is 0 Å². The van der Waals surface area contributed by atoms with Gasteiger partial charge in [0.1, 0.15) is 0 Å². The topological polar surface area (TPSA) is 21.3 Å². The maximum atomic E-state index is 5.32. The first kappa shape index (κ1) is 11.3. The van der Waals surface area contributed by atoms with E-state index in [9.17, 15) is 0 Å². The molecule has 1 unspecified atom stereocenters. The zero-order chi connectivity index (χ0) is 9.73. The molecule has 1 saturated heterocycles. The molecule has 2 nitrogen and oxygen atoms in total. The maximum absolute atomic E-state index is 5.32. The van der Waals surface area contributed by atoms with Crippen LogP contribution in [0.15, 0.2) is 0 Å². The van der Waals surface area contributed by atoms with Gasteiger partial charge in [0, 0.05) is 24.4 Å². The molecule has 0 amide bonds. The highest BCUT2D eigenvalue weighted by Crippen LogP contribution is 2.20. The third-order valence-electron chi connectivity index (χ3n) is 2.56. The molecule has 0 aromatic heterocycles. The van der Waals surface area contributed by atoms with Crippen LogP contribution in [-0.4, -0.2) is 37.3 Å². The Hall–Kier alpha value is 0.270. The molecule has 0 bridgehead atoms. The van der Waals surface area contributed by atoms with Crippen LogP contribution in [0.25, 0.3) is 0 Å². The van der Waals surface area contributed by atoms with Gasteiger partial charge in [-0.3, -0.25) is 0 Å². The van der Waals surface area contributed by atoms with Crippen molar-refractivity contribution in [3.8, 4) is 0 Å². The van der Waals surface area contributed by atoms with Crippen molar-refractivity contribution in [2.45, 2.75) is 25.0 Å². The van der Waals surface area contributed by atoms with Crippen LogP contribution >= 0.6 is 11.8 Å². The molecular formula is C10H21NOS. The predicted octanol–water partition coefficient (Wildman–Crippen LogP) is 1.75. The Labute approximate surface area is 85.8 Å². The molecule has 0 spiro atoms. The number of hydrogen-bond donors (Lipinski definition) is 1. The number of thioether (sulfide) groups is 1. The molecule has 3 heteroatoms. The van der Waals surface area contributed by atoms with Crippen LogP contribution in [0.1, 0.15) is 20.3 Å². The summed E-state index contributed by atoms with van der Waals surface area (Å²) < 4.78 is 5.68. The molecule has 1 N–H and O–H groups in total. The monoisotopic (exact) mass is 203 g/mol. The molecule has 1 fully saturated rings. The van der Waals surface area contributed by atoms with Crippen LogP contribution in [0.3, 0.4) is 0 Å². The molecule has 0 aromatic carbocycles. The van der Waals surface area contributed by atoms with Crippen molar-refractivity contribution >= 4 is 11.8 Å². The fourth-order valence-corrected chi connectivity index (χ4v) is 1.64. The van der Waals surface area contributed by atoms with Crippen LogP contribution in [0.4, 0.5) is 0 Å².